The molecule has 1 fully saturated rings. The number of rotatable bonds is 9. The molecule has 0 spiro atoms. The molecule has 2 aromatic rings. The van der Waals surface area contributed by atoms with Crippen LogP contribution in [0.5, 0.6) is 6.01 Å². The van der Waals surface area contributed by atoms with Crippen LogP contribution in [0.3, 0.4) is 0 Å². The highest BCUT2D eigenvalue weighted by Crippen LogP contribution is 2.38. The van der Waals surface area contributed by atoms with Gasteiger partial charge in [-0.1, -0.05) is 43.5 Å². The average molecular weight is 441 g/mol. The van der Waals surface area contributed by atoms with Crippen molar-refractivity contribution in [2.75, 3.05) is 36.3 Å². The van der Waals surface area contributed by atoms with E-state index in [1.54, 1.807) is 7.11 Å². The number of anilines is 3. The van der Waals surface area contributed by atoms with Gasteiger partial charge in [-0.25, -0.2) is 0 Å². The quantitative estimate of drug-likeness (QED) is 0.398. The largest absolute Gasteiger partial charge is 0.461 e. The number of fused-ring (bicyclic) bond motifs is 1. The molecule has 1 aliphatic carbocycles. The number of nitrogen functional groups attached to an aromatic ring is 1. The molecule has 1 saturated carbocycles. The summed E-state index contributed by atoms with van der Waals surface area (Å²) in [5.41, 5.74) is 15.4. The number of ether oxygens (including phenoxy) is 2. The fourth-order valence-electron chi connectivity index (χ4n) is 4.52. The Kier molecular flexibility index (Phi) is 7.06. The summed E-state index contributed by atoms with van der Waals surface area (Å²) in [7, 11) is 1.59. The van der Waals surface area contributed by atoms with E-state index >= 15 is 0 Å². The molecular weight excluding hydrogens is 408 g/mol. The number of carbonyl (C=O) groups excluding carboxylic acids is 1. The number of carbonyl (C=O) groups is 1. The van der Waals surface area contributed by atoms with E-state index in [0.29, 0.717) is 37.2 Å². The molecule has 2 atom stereocenters. The Balaban J connectivity index is 1.50. The van der Waals surface area contributed by atoms with E-state index in [0.717, 1.165) is 17.4 Å². The maximum Gasteiger partial charge on any atom is 0.320 e. The summed E-state index contributed by atoms with van der Waals surface area (Å²) in [6, 6.07) is 8.56. The standard InChI is InChI=1S/C23H32N6O3/c1-31-11-12-32-23-27-21(25)20-22(28-23)29(18(14-30)26-20)13-15-7-9-17(10-8-15)19(24)16-5-3-2-4-6-16/h7-10,14,16,18-19,26H,2-6,11-13,24H2,1H3,(H2,25,27,28). The second-order valence-electron chi connectivity index (χ2n) is 8.45. The smallest absolute Gasteiger partial charge is 0.320 e. The molecule has 32 heavy (non-hydrogen) atoms. The van der Waals surface area contributed by atoms with Crippen molar-refractivity contribution in [3.8, 4) is 6.01 Å². The Hall–Kier alpha value is -2.91. The van der Waals surface area contributed by atoms with Gasteiger partial charge in [-0.15, -0.1) is 0 Å². The zero-order valence-electron chi connectivity index (χ0n) is 18.5. The van der Waals surface area contributed by atoms with E-state index in [4.69, 9.17) is 20.9 Å². The number of nitrogens with one attached hydrogen (secondary N) is 1. The molecular formula is C23H32N6O3. The van der Waals surface area contributed by atoms with Gasteiger partial charge in [0.15, 0.2) is 24.1 Å². The van der Waals surface area contributed by atoms with Gasteiger partial charge in [0.2, 0.25) is 0 Å². The van der Waals surface area contributed by atoms with Crippen LogP contribution in [-0.2, 0) is 16.1 Å². The summed E-state index contributed by atoms with van der Waals surface area (Å²) >= 11 is 0. The summed E-state index contributed by atoms with van der Waals surface area (Å²) in [5, 5.41) is 3.10. The molecule has 1 aromatic carbocycles. The molecule has 5 N–H and O–H groups in total. The molecule has 0 bridgehead atoms. The molecule has 4 rings (SSSR count). The van der Waals surface area contributed by atoms with Crippen molar-refractivity contribution >= 4 is 23.6 Å². The van der Waals surface area contributed by atoms with E-state index in [1.165, 1.54) is 32.1 Å². The lowest BCUT2D eigenvalue weighted by atomic mass is 9.81. The first-order valence-corrected chi connectivity index (χ1v) is 11.2. The van der Waals surface area contributed by atoms with Crippen molar-refractivity contribution < 1.29 is 14.3 Å². The first-order chi connectivity index (χ1) is 15.6. The normalized spacial score (nSPS) is 19.3. The molecule has 172 valence electrons. The number of aromatic nitrogens is 2. The first-order valence-electron chi connectivity index (χ1n) is 11.2. The van der Waals surface area contributed by atoms with Gasteiger partial charge < -0.3 is 31.2 Å². The summed E-state index contributed by atoms with van der Waals surface area (Å²) in [6.07, 6.45) is 6.52. The van der Waals surface area contributed by atoms with E-state index < -0.39 is 6.17 Å². The number of hydrogen-bond acceptors (Lipinski definition) is 9. The molecule has 0 amide bonds. The second kappa shape index (κ2) is 10.1. The average Bonchev–Trinajstić information content (AvgIpc) is 3.18. The summed E-state index contributed by atoms with van der Waals surface area (Å²) in [6.45, 7) is 1.20. The Bertz CT molecular complexity index is 917. The monoisotopic (exact) mass is 440 g/mol. The van der Waals surface area contributed by atoms with E-state index in [2.05, 4.69) is 39.6 Å². The third-order valence-electron chi connectivity index (χ3n) is 6.32. The molecule has 9 nitrogen and oxygen atoms in total. The highest BCUT2D eigenvalue weighted by molar-refractivity contribution is 5.87. The fraction of sp³-hybridized carbons (Fsp3) is 0.522. The fourth-order valence-corrected chi connectivity index (χ4v) is 4.52. The van der Waals surface area contributed by atoms with Gasteiger partial charge in [0, 0.05) is 19.7 Å². The van der Waals surface area contributed by atoms with Crippen LogP contribution in [0.4, 0.5) is 17.3 Å². The minimum Gasteiger partial charge on any atom is -0.461 e. The number of nitrogens with zero attached hydrogens (tertiary/aromatic N) is 3. The predicted molar refractivity (Wildman–Crippen MR) is 123 cm³/mol. The van der Waals surface area contributed by atoms with Gasteiger partial charge in [-0.3, -0.25) is 4.79 Å². The molecule has 2 unspecified atom stereocenters. The highest BCUT2D eigenvalue weighted by atomic mass is 16.5. The van der Waals surface area contributed by atoms with Crippen LogP contribution in [-0.4, -0.2) is 42.7 Å². The predicted octanol–water partition coefficient (Wildman–Crippen LogP) is 2.62. The lowest BCUT2D eigenvalue weighted by molar-refractivity contribution is -0.108. The van der Waals surface area contributed by atoms with Crippen molar-refractivity contribution in [2.24, 2.45) is 11.7 Å². The topological polar surface area (TPSA) is 129 Å². The zero-order chi connectivity index (χ0) is 22.5. The number of hydrogen-bond donors (Lipinski definition) is 3. The van der Waals surface area contributed by atoms with Crippen LogP contribution in [0.15, 0.2) is 24.3 Å². The van der Waals surface area contributed by atoms with Crippen molar-refractivity contribution in [1.29, 1.82) is 0 Å². The first kappa shape index (κ1) is 22.3. The van der Waals surface area contributed by atoms with Crippen LogP contribution in [0.1, 0.15) is 49.3 Å². The lowest BCUT2D eigenvalue weighted by Gasteiger charge is -2.28. The Morgan fingerprint density at radius 2 is 1.94 bits per heavy atom. The number of aldehydes is 1. The van der Waals surface area contributed by atoms with Gasteiger partial charge in [-0.05, 0) is 29.9 Å². The maximum absolute atomic E-state index is 11.7. The van der Waals surface area contributed by atoms with Crippen LogP contribution in [0.2, 0.25) is 0 Å². The van der Waals surface area contributed by atoms with Gasteiger partial charge in [0.25, 0.3) is 0 Å². The van der Waals surface area contributed by atoms with Crippen LogP contribution >= 0.6 is 0 Å². The summed E-state index contributed by atoms with van der Waals surface area (Å²) in [4.78, 5) is 22.3. The third kappa shape index (κ3) is 4.78. The zero-order valence-corrected chi connectivity index (χ0v) is 18.5. The molecule has 1 aliphatic heterocycles. The Morgan fingerprint density at radius 3 is 2.62 bits per heavy atom. The molecule has 2 heterocycles. The molecule has 9 heteroatoms. The van der Waals surface area contributed by atoms with Crippen molar-refractivity contribution in [3.63, 3.8) is 0 Å². The van der Waals surface area contributed by atoms with Crippen molar-refractivity contribution in [1.82, 2.24) is 9.97 Å². The molecule has 0 saturated heterocycles. The van der Waals surface area contributed by atoms with Crippen molar-refractivity contribution in [3.05, 3.63) is 35.4 Å². The van der Waals surface area contributed by atoms with Gasteiger partial charge >= 0.3 is 6.01 Å². The number of methoxy groups -OCH3 is 1. The minimum atomic E-state index is -0.583. The van der Waals surface area contributed by atoms with E-state index in [9.17, 15) is 4.79 Å². The minimum absolute atomic E-state index is 0.0700. The number of benzene rings is 1. The third-order valence-corrected chi connectivity index (χ3v) is 6.32. The summed E-state index contributed by atoms with van der Waals surface area (Å²) in [5.74, 6) is 1.34. The second-order valence-corrected chi connectivity index (χ2v) is 8.45. The number of nitrogens with two attached hydrogens (primary N) is 2. The van der Waals surface area contributed by atoms with Gasteiger partial charge in [0.05, 0.1) is 6.61 Å². The van der Waals surface area contributed by atoms with Crippen LogP contribution in [0.25, 0.3) is 0 Å². The molecule has 0 radical (unpaired) electrons. The van der Waals surface area contributed by atoms with E-state index in [-0.39, 0.29) is 17.9 Å². The van der Waals surface area contributed by atoms with Gasteiger partial charge in [0.1, 0.15) is 12.3 Å². The molecule has 1 aromatic heterocycles. The lowest BCUT2D eigenvalue weighted by Crippen LogP contribution is -2.36. The Morgan fingerprint density at radius 1 is 1.19 bits per heavy atom. The SMILES string of the molecule is COCCOc1nc(N)c2c(n1)N(Cc1ccc(C(N)C3CCCCC3)cc1)C(C=O)N2. The van der Waals surface area contributed by atoms with Crippen LogP contribution < -0.4 is 26.4 Å². The van der Waals surface area contributed by atoms with Crippen LogP contribution in [0, 0.1) is 5.92 Å². The highest BCUT2D eigenvalue weighted by Gasteiger charge is 2.33. The maximum atomic E-state index is 11.7. The van der Waals surface area contributed by atoms with Crippen molar-refractivity contribution in [2.45, 2.75) is 50.9 Å². The van der Waals surface area contributed by atoms with Gasteiger partial charge in [-0.2, -0.15) is 9.97 Å². The Labute approximate surface area is 188 Å². The molecule has 2 aliphatic rings. The van der Waals surface area contributed by atoms with E-state index in [1.807, 2.05) is 4.90 Å². The summed E-state index contributed by atoms with van der Waals surface area (Å²) < 4.78 is 10.5.